The van der Waals surface area contributed by atoms with Gasteiger partial charge in [-0.2, -0.15) is 0 Å². The maximum absolute atomic E-state index is 16.3. The fraction of sp³-hybridized carbons (Fsp3) is 0.0857. The summed E-state index contributed by atoms with van der Waals surface area (Å²) in [6.45, 7) is 0. The van der Waals surface area contributed by atoms with Gasteiger partial charge in [-0.3, -0.25) is 29.0 Å². The van der Waals surface area contributed by atoms with Crippen molar-refractivity contribution in [2.75, 3.05) is 0 Å². The highest BCUT2D eigenvalue weighted by molar-refractivity contribution is 6.28. The van der Waals surface area contributed by atoms with Gasteiger partial charge in [0.15, 0.2) is 0 Å². The van der Waals surface area contributed by atoms with E-state index in [0.29, 0.717) is 48.4 Å². The molecular formula is C70H46N6O4. The number of benzene rings is 10. The predicted octanol–water partition coefficient (Wildman–Crippen LogP) is 15.3. The minimum absolute atomic E-state index is 0.287. The molecule has 4 amide bonds. The third-order valence-corrected chi connectivity index (χ3v) is 17.7. The first kappa shape index (κ1) is 44.8. The van der Waals surface area contributed by atoms with Crippen molar-refractivity contribution in [3.8, 4) is 22.7 Å². The maximum Gasteiger partial charge on any atom is 0.264 e. The maximum atomic E-state index is 16.3. The second-order valence-electron chi connectivity index (χ2n) is 21.6. The van der Waals surface area contributed by atoms with Crippen molar-refractivity contribution >= 4 is 111 Å². The van der Waals surface area contributed by atoms with Crippen molar-refractivity contribution in [3.63, 3.8) is 0 Å². The molecule has 10 heteroatoms. The summed E-state index contributed by atoms with van der Waals surface area (Å²) in [4.78, 5) is 68.0. The van der Waals surface area contributed by atoms with Gasteiger partial charge in [-0.05, 0) is 85.6 Å². The highest BCUT2D eigenvalue weighted by Gasteiger charge is 2.53. The van der Waals surface area contributed by atoms with E-state index < -0.39 is 35.7 Å². The number of para-hydroxylation sites is 8. The molecule has 0 bridgehead atoms. The van der Waals surface area contributed by atoms with Gasteiger partial charge in [0.2, 0.25) is 0 Å². The van der Waals surface area contributed by atoms with Gasteiger partial charge in [0, 0.05) is 43.1 Å². The van der Waals surface area contributed by atoms with Crippen LogP contribution < -0.4 is 0 Å². The third-order valence-electron chi connectivity index (χ3n) is 17.7. The van der Waals surface area contributed by atoms with Crippen LogP contribution in [0.5, 0.6) is 0 Å². The summed E-state index contributed by atoms with van der Waals surface area (Å²) in [5.41, 5.74) is 10.7. The summed E-state index contributed by atoms with van der Waals surface area (Å²) in [5.74, 6) is -1.80. The molecular weight excluding hydrogens is 989 g/mol. The van der Waals surface area contributed by atoms with E-state index in [1.165, 1.54) is 9.80 Å². The minimum Gasteiger partial charge on any atom is -0.308 e. The summed E-state index contributed by atoms with van der Waals surface area (Å²) >= 11 is 0. The third kappa shape index (κ3) is 5.86. The van der Waals surface area contributed by atoms with Gasteiger partial charge in [0.1, 0.15) is 0 Å². The average Bonchev–Trinajstić information content (AvgIpc) is 4.42. The number of hydrogen-bond donors (Lipinski definition) is 0. The Bertz CT molecular complexity index is 4270. The lowest BCUT2D eigenvalue weighted by Gasteiger charge is -2.40. The Labute approximate surface area is 457 Å². The number of aromatic nitrogens is 4. The average molecular weight is 1040 g/mol. The quantitative estimate of drug-likeness (QED) is 0.155. The van der Waals surface area contributed by atoms with Crippen molar-refractivity contribution < 1.29 is 19.2 Å². The lowest BCUT2D eigenvalue weighted by atomic mass is 9.88. The number of hydrogen-bond acceptors (Lipinski definition) is 4. The molecule has 0 radical (unpaired) electrons. The van der Waals surface area contributed by atoms with Gasteiger partial charge in [-0.15, -0.1) is 0 Å². The van der Waals surface area contributed by atoms with Crippen molar-refractivity contribution in [3.05, 3.63) is 241 Å². The molecule has 0 saturated heterocycles. The van der Waals surface area contributed by atoms with Crippen LogP contribution in [0.25, 0.3) is 110 Å². The molecule has 1 fully saturated rings. The molecule has 10 nitrogen and oxygen atoms in total. The van der Waals surface area contributed by atoms with Crippen LogP contribution in [0.3, 0.4) is 0 Å². The Hall–Kier alpha value is -10.3. The second kappa shape index (κ2) is 16.6. The molecule has 0 N–H and O–H groups in total. The van der Waals surface area contributed by atoms with Gasteiger partial charge in [0.25, 0.3) is 23.6 Å². The van der Waals surface area contributed by atoms with Gasteiger partial charge < -0.3 is 18.3 Å². The van der Waals surface area contributed by atoms with Gasteiger partial charge in [-0.25, -0.2) is 0 Å². The van der Waals surface area contributed by atoms with Crippen LogP contribution in [0.15, 0.2) is 218 Å². The van der Waals surface area contributed by atoms with Crippen molar-refractivity contribution in [1.82, 2.24) is 28.1 Å². The molecule has 2 aliphatic heterocycles. The van der Waals surface area contributed by atoms with Crippen LogP contribution in [0, 0.1) is 0 Å². The molecule has 0 spiro atoms. The Morgan fingerprint density at radius 3 is 0.600 bits per heavy atom. The Morgan fingerprint density at radius 2 is 0.412 bits per heavy atom. The molecule has 80 heavy (non-hydrogen) atoms. The molecule has 17 rings (SSSR count). The minimum atomic E-state index is -0.844. The molecule has 10 aromatic carbocycles. The smallest absolute Gasteiger partial charge is 0.264 e. The van der Waals surface area contributed by atoms with E-state index >= 15 is 19.2 Å². The second-order valence-corrected chi connectivity index (χ2v) is 21.6. The number of imide groups is 2. The molecule has 1 aliphatic carbocycles. The normalized spacial score (nSPS) is 16.6. The largest absolute Gasteiger partial charge is 0.308 e. The molecule has 4 aromatic heterocycles. The number of rotatable bonds is 6. The van der Waals surface area contributed by atoms with Crippen molar-refractivity contribution in [2.45, 2.75) is 37.8 Å². The number of carbonyl (C=O) groups excluding carboxylic acids is 4. The van der Waals surface area contributed by atoms with E-state index in [1.54, 1.807) is 0 Å². The zero-order valence-electron chi connectivity index (χ0n) is 43.1. The highest BCUT2D eigenvalue weighted by Crippen LogP contribution is 2.47. The molecule has 1 saturated carbocycles. The van der Waals surface area contributed by atoms with Crippen LogP contribution in [0.4, 0.5) is 0 Å². The fourth-order valence-corrected chi connectivity index (χ4v) is 14.5. The van der Waals surface area contributed by atoms with E-state index in [2.05, 4.69) is 115 Å². The van der Waals surface area contributed by atoms with E-state index in [0.717, 1.165) is 87.2 Å². The number of amides is 4. The Kier molecular flexibility index (Phi) is 9.29. The van der Waals surface area contributed by atoms with Crippen molar-refractivity contribution in [1.29, 1.82) is 0 Å². The molecule has 2 atom stereocenters. The summed E-state index contributed by atoms with van der Waals surface area (Å²) in [7, 11) is 0. The summed E-state index contributed by atoms with van der Waals surface area (Å²) in [6, 6.07) is 71.6. The SMILES string of the molecule is O=C1c2c(-n3c4ccccc4c4ccccc43)ccc(-n3c4ccccc4c4ccccc43)c2C(=O)N1C1CCCCC1N1C(=O)c2c(-n3c4ccccc4c4ccccc43)ccc(-n3c4ccccc4c4ccccc43)c2C1=O. The first-order valence-electron chi connectivity index (χ1n) is 27.5. The van der Waals surface area contributed by atoms with E-state index in [1.807, 2.05) is 121 Å². The molecule has 6 heterocycles. The van der Waals surface area contributed by atoms with Gasteiger partial charge in [0.05, 0.1) is 101 Å². The molecule has 14 aromatic rings. The monoisotopic (exact) mass is 1030 g/mol. The van der Waals surface area contributed by atoms with Gasteiger partial charge >= 0.3 is 0 Å². The fourth-order valence-electron chi connectivity index (χ4n) is 14.5. The van der Waals surface area contributed by atoms with E-state index in [9.17, 15) is 0 Å². The molecule has 380 valence electrons. The zero-order valence-corrected chi connectivity index (χ0v) is 43.1. The summed E-state index contributed by atoms with van der Waals surface area (Å²) in [6.07, 6.45) is 2.18. The number of carbonyl (C=O) groups is 4. The molecule has 2 unspecified atom stereocenters. The standard InChI is InChI=1S/C70H46N6O4/c77-67-63-59(71-49-27-9-1-19-41(49)42-20-2-10-28-50(42)71)37-38-60(72-51-29-11-3-21-43(51)44-22-4-12-30-52(44)72)64(63)68(78)75(67)57-35-17-18-36-58(57)76-69(79)65-61(73-53-31-13-5-23-45(53)46-24-6-14-32-54(46)73)39-40-62(66(65)70(76)80)74-55-33-15-7-25-47(55)48-26-8-16-34-56(48)74/h1-16,19-34,37-40,57-58H,17-18,35-36H2. The van der Waals surface area contributed by atoms with Crippen LogP contribution in [0.1, 0.15) is 67.1 Å². The van der Waals surface area contributed by atoms with Crippen LogP contribution in [0.2, 0.25) is 0 Å². The first-order valence-corrected chi connectivity index (χ1v) is 27.5. The number of nitrogens with zero attached hydrogens (tertiary/aromatic N) is 6. The predicted molar refractivity (Wildman–Crippen MR) is 317 cm³/mol. The Balaban J connectivity index is 0.880. The molecule has 3 aliphatic rings. The van der Waals surface area contributed by atoms with Crippen LogP contribution in [-0.2, 0) is 0 Å². The topological polar surface area (TPSA) is 94.5 Å². The number of fused-ring (bicyclic) bond motifs is 14. The lowest BCUT2D eigenvalue weighted by molar-refractivity contribution is 0.0291. The Morgan fingerprint density at radius 1 is 0.237 bits per heavy atom. The lowest BCUT2D eigenvalue weighted by Crippen LogP contribution is -2.56. The zero-order chi connectivity index (χ0) is 53.1. The highest BCUT2D eigenvalue weighted by atomic mass is 16.2. The summed E-state index contributed by atoms with van der Waals surface area (Å²) in [5, 5.41) is 8.19. The van der Waals surface area contributed by atoms with Crippen molar-refractivity contribution in [2.24, 2.45) is 0 Å². The van der Waals surface area contributed by atoms with E-state index in [4.69, 9.17) is 0 Å². The first-order chi connectivity index (χ1) is 39.5. The van der Waals surface area contributed by atoms with E-state index in [-0.39, 0.29) is 22.3 Å². The van der Waals surface area contributed by atoms with Gasteiger partial charge in [-0.1, -0.05) is 158 Å². The summed E-state index contributed by atoms with van der Waals surface area (Å²) < 4.78 is 8.46. The van der Waals surface area contributed by atoms with Crippen LogP contribution >= 0.6 is 0 Å². The van der Waals surface area contributed by atoms with Crippen LogP contribution in [-0.4, -0.2) is 63.8 Å².